The monoisotopic (exact) mass is 354 g/mol. The minimum absolute atomic E-state index is 0. The van der Waals surface area contributed by atoms with Crippen molar-refractivity contribution in [2.45, 2.75) is 18.9 Å². The average molecular weight is 354 g/mol. The largest absolute Gasteiger partial charge is 0.378 e. The highest BCUT2D eigenvalue weighted by molar-refractivity contribution is 14.0. The Balaban J connectivity index is 0.00000144. The Morgan fingerprint density at radius 1 is 1.41 bits per heavy atom. The normalized spacial score (nSPS) is 20.7. The predicted molar refractivity (Wildman–Crippen MR) is 75.5 cm³/mol. The van der Waals surface area contributed by atoms with E-state index in [0.717, 1.165) is 25.9 Å². The number of hydrogen-bond donors (Lipinski definition) is 2. The summed E-state index contributed by atoms with van der Waals surface area (Å²) in [6.07, 6.45) is 2.18. The molecule has 17 heavy (non-hydrogen) atoms. The zero-order valence-corrected chi connectivity index (χ0v) is 12.1. The molecule has 7 heteroatoms. The fourth-order valence-corrected chi connectivity index (χ4v) is 1.55. The number of aliphatic imine (C=N–C) groups is 1. The van der Waals surface area contributed by atoms with E-state index in [2.05, 4.69) is 10.3 Å². The highest BCUT2D eigenvalue weighted by atomic mass is 127. The van der Waals surface area contributed by atoms with E-state index < -0.39 is 0 Å². The van der Waals surface area contributed by atoms with Crippen LogP contribution in [0.2, 0.25) is 0 Å². The summed E-state index contributed by atoms with van der Waals surface area (Å²) in [7, 11) is 0. The Labute approximate surface area is 118 Å². The van der Waals surface area contributed by atoms with Crippen LogP contribution >= 0.6 is 24.0 Å². The van der Waals surface area contributed by atoms with Gasteiger partial charge in [0.05, 0.1) is 13.2 Å². The van der Waals surface area contributed by atoms with E-state index in [-0.39, 0.29) is 36.4 Å². The molecular weight excluding hydrogens is 335 g/mol. The summed E-state index contributed by atoms with van der Waals surface area (Å²) >= 11 is 0. The van der Waals surface area contributed by atoms with Gasteiger partial charge in [0.25, 0.3) is 0 Å². The first kappa shape index (κ1) is 14.5. The first-order chi connectivity index (χ1) is 7.75. The Bertz CT molecular complexity index is 288. The smallest absolute Gasteiger partial charge is 0.242 e. The highest BCUT2D eigenvalue weighted by Gasteiger charge is 2.23. The van der Waals surface area contributed by atoms with Crippen molar-refractivity contribution < 1.29 is 9.53 Å². The molecular formula is C10H19IN4O2. The lowest BCUT2D eigenvalue weighted by Crippen LogP contribution is -2.45. The van der Waals surface area contributed by atoms with E-state index in [4.69, 9.17) is 10.5 Å². The summed E-state index contributed by atoms with van der Waals surface area (Å²) < 4.78 is 5.20. The summed E-state index contributed by atoms with van der Waals surface area (Å²) in [5.41, 5.74) is 5.78. The lowest BCUT2D eigenvalue weighted by atomic mass is 10.4. The molecule has 0 radical (unpaired) electrons. The average Bonchev–Trinajstić information content (AvgIpc) is 3.11. The van der Waals surface area contributed by atoms with Crippen LogP contribution in [-0.4, -0.2) is 55.7 Å². The first-order valence-corrected chi connectivity index (χ1v) is 5.67. The predicted octanol–water partition coefficient (Wildman–Crippen LogP) is -0.470. The molecule has 0 aromatic carbocycles. The highest BCUT2D eigenvalue weighted by Crippen LogP contribution is 2.18. The van der Waals surface area contributed by atoms with Crippen LogP contribution in [0.15, 0.2) is 4.99 Å². The van der Waals surface area contributed by atoms with E-state index in [1.807, 2.05) is 4.90 Å². The topological polar surface area (TPSA) is 79.9 Å². The number of nitrogens with one attached hydrogen (secondary N) is 1. The number of amides is 1. The maximum Gasteiger partial charge on any atom is 0.242 e. The molecule has 1 saturated carbocycles. The van der Waals surface area contributed by atoms with Gasteiger partial charge in [0.15, 0.2) is 5.96 Å². The van der Waals surface area contributed by atoms with Crippen LogP contribution in [0.5, 0.6) is 0 Å². The molecule has 98 valence electrons. The minimum Gasteiger partial charge on any atom is -0.378 e. The first-order valence-electron chi connectivity index (χ1n) is 5.67. The molecule has 0 bridgehead atoms. The fourth-order valence-electron chi connectivity index (χ4n) is 1.55. The molecule has 1 saturated heterocycles. The standard InChI is InChI=1S/C10H18N4O2.HI/c11-10(14-3-5-16-6-4-14)12-7-9(15)13-8-1-2-8;/h8H,1-7H2,(H2,11,12)(H,13,15);1H. The number of morpholine rings is 1. The van der Waals surface area contributed by atoms with Gasteiger partial charge in [0.1, 0.15) is 6.54 Å². The van der Waals surface area contributed by atoms with Gasteiger partial charge in [-0.3, -0.25) is 4.79 Å². The van der Waals surface area contributed by atoms with Crippen LogP contribution in [-0.2, 0) is 9.53 Å². The number of guanidine groups is 1. The van der Waals surface area contributed by atoms with Gasteiger partial charge < -0.3 is 20.7 Å². The van der Waals surface area contributed by atoms with Crippen molar-refractivity contribution in [2.24, 2.45) is 10.7 Å². The number of hydrogen-bond acceptors (Lipinski definition) is 3. The second-order valence-electron chi connectivity index (χ2n) is 4.12. The molecule has 0 unspecified atom stereocenters. The van der Waals surface area contributed by atoms with Gasteiger partial charge in [-0.25, -0.2) is 4.99 Å². The van der Waals surface area contributed by atoms with Crippen molar-refractivity contribution in [3.8, 4) is 0 Å². The van der Waals surface area contributed by atoms with Crippen molar-refractivity contribution in [1.29, 1.82) is 0 Å². The molecule has 1 amide bonds. The zero-order valence-electron chi connectivity index (χ0n) is 9.72. The van der Waals surface area contributed by atoms with Crippen molar-refractivity contribution in [1.82, 2.24) is 10.2 Å². The third-order valence-electron chi connectivity index (χ3n) is 2.66. The van der Waals surface area contributed by atoms with Crippen LogP contribution in [0.4, 0.5) is 0 Å². The molecule has 0 spiro atoms. The molecule has 3 N–H and O–H groups in total. The molecule has 6 nitrogen and oxygen atoms in total. The van der Waals surface area contributed by atoms with Gasteiger partial charge in [0.2, 0.25) is 5.91 Å². The van der Waals surface area contributed by atoms with Crippen LogP contribution in [0.25, 0.3) is 0 Å². The van der Waals surface area contributed by atoms with Crippen LogP contribution in [0, 0.1) is 0 Å². The molecule has 1 aliphatic heterocycles. The summed E-state index contributed by atoms with van der Waals surface area (Å²) in [6.45, 7) is 2.97. The maximum absolute atomic E-state index is 11.4. The molecule has 1 heterocycles. The Kier molecular flexibility index (Phi) is 5.96. The molecule has 1 aliphatic carbocycles. The van der Waals surface area contributed by atoms with Crippen molar-refractivity contribution >= 4 is 35.8 Å². The number of rotatable bonds is 3. The van der Waals surface area contributed by atoms with E-state index in [1.54, 1.807) is 0 Å². The van der Waals surface area contributed by atoms with Gasteiger partial charge >= 0.3 is 0 Å². The van der Waals surface area contributed by atoms with E-state index in [1.165, 1.54) is 0 Å². The number of halogens is 1. The Morgan fingerprint density at radius 2 is 2.06 bits per heavy atom. The maximum atomic E-state index is 11.4. The summed E-state index contributed by atoms with van der Waals surface area (Å²) in [5, 5.41) is 2.87. The lowest BCUT2D eigenvalue weighted by Gasteiger charge is -2.27. The molecule has 2 aliphatic rings. The third-order valence-corrected chi connectivity index (χ3v) is 2.66. The quantitative estimate of drug-likeness (QED) is 0.408. The minimum atomic E-state index is -0.0429. The summed E-state index contributed by atoms with van der Waals surface area (Å²) in [6, 6.07) is 0.382. The Morgan fingerprint density at radius 3 is 2.65 bits per heavy atom. The fraction of sp³-hybridized carbons (Fsp3) is 0.800. The third kappa shape index (κ3) is 5.07. The van der Waals surface area contributed by atoms with Crippen molar-refractivity contribution in [3.05, 3.63) is 0 Å². The van der Waals surface area contributed by atoms with Crippen molar-refractivity contribution in [3.63, 3.8) is 0 Å². The second kappa shape index (κ2) is 7.00. The number of carbonyl (C=O) groups is 1. The number of carbonyl (C=O) groups excluding carboxylic acids is 1. The summed E-state index contributed by atoms with van der Waals surface area (Å²) in [5.74, 6) is 0.396. The van der Waals surface area contributed by atoms with Crippen LogP contribution < -0.4 is 11.1 Å². The molecule has 0 aromatic heterocycles. The van der Waals surface area contributed by atoms with E-state index in [9.17, 15) is 4.79 Å². The van der Waals surface area contributed by atoms with Crippen LogP contribution in [0.3, 0.4) is 0 Å². The Hall–Kier alpha value is -0.570. The number of nitrogens with two attached hydrogens (primary N) is 1. The zero-order chi connectivity index (χ0) is 11.4. The van der Waals surface area contributed by atoms with E-state index in [0.29, 0.717) is 25.2 Å². The summed E-state index contributed by atoms with van der Waals surface area (Å²) in [4.78, 5) is 17.4. The SMILES string of the molecule is I.NC(=NCC(=O)NC1CC1)N1CCOCC1. The van der Waals surface area contributed by atoms with Crippen molar-refractivity contribution in [2.75, 3.05) is 32.8 Å². The number of nitrogens with zero attached hydrogens (tertiary/aromatic N) is 2. The molecule has 2 rings (SSSR count). The van der Waals surface area contributed by atoms with Gasteiger partial charge in [0, 0.05) is 19.1 Å². The van der Waals surface area contributed by atoms with Gasteiger partial charge in [-0.1, -0.05) is 0 Å². The van der Waals surface area contributed by atoms with Gasteiger partial charge in [-0.2, -0.15) is 0 Å². The molecule has 2 fully saturated rings. The van der Waals surface area contributed by atoms with Crippen LogP contribution in [0.1, 0.15) is 12.8 Å². The van der Waals surface area contributed by atoms with Gasteiger partial charge in [-0.15, -0.1) is 24.0 Å². The lowest BCUT2D eigenvalue weighted by molar-refractivity contribution is -0.119. The molecule has 0 atom stereocenters. The molecule has 0 aromatic rings. The van der Waals surface area contributed by atoms with Gasteiger partial charge in [-0.05, 0) is 12.8 Å². The van der Waals surface area contributed by atoms with E-state index >= 15 is 0 Å². The number of ether oxygens (including phenoxy) is 1. The second-order valence-corrected chi connectivity index (χ2v) is 4.12.